The molecule has 3 nitrogen and oxygen atoms in total. The van der Waals surface area contributed by atoms with E-state index in [9.17, 15) is 4.79 Å². The number of hydrazone groups is 1. The fraction of sp³-hybridized carbons (Fsp3) is 0.333. The Labute approximate surface area is 90.2 Å². The van der Waals surface area contributed by atoms with Crippen molar-refractivity contribution in [3.8, 4) is 0 Å². The molecule has 0 radical (unpaired) electrons. The van der Waals surface area contributed by atoms with Gasteiger partial charge in [-0.15, -0.1) is 0 Å². The van der Waals surface area contributed by atoms with Gasteiger partial charge in [-0.3, -0.25) is 4.79 Å². The van der Waals surface area contributed by atoms with Crippen molar-refractivity contribution in [3.63, 3.8) is 0 Å². The summed E-state index contributed by atoms with van der Waals surface area (Å²) < 4.78 is 0. The first kappa shape index (κ1) is 11.4. The van der Waals surface area contributed by atoms with Gasteiger partial charge in [0.1, 0.15) is 0 Å². The number of carbonyl (C=O) groups excluding carboxylic acids is 1. The van der Waals surface area contributed by atoms with Gasteiger partial charge in [-0.05, 0) is 43.5 Å². The highest BCUT2D eigenvalue weighted by molar-refractivity contribution is 5.99. The van der Waals surface area contributed by atoms with Gasteiger partial charge in [-0.25, -0.2) is 5.43 Å². The van der Waals surface area contributed by atoms with Crippen LogP contribution in [0.5, 0.6) is 0 Å². The Hall–Kier alpha value is -1.64. The standard InChI is InChI=1S/C12H16N2O/c1-8-5-6-12(7-9(8)2)10(3)13-14-11(4)15/h5-7H,1-4H3,(H,14,15). The molecule has 1 aromatic carbocycles. The average molecular weight is 204 g/mol. The molecule has 1 rings (SSSR count). The Balaban J connectivity index is 2.91. The minimum absolute atomic E-state index is 0.154. The zero-order valence-electron chi connectivity index (χ0n) is 9.59. The molecule has 0 atom stereocenters. The molecule has 1 N–H and O–H groups in total. The van der Waals surface area contributed by atoms with Crippen LogP contribution in [0, 0.1) is 13.8 Å². The summed E-state index contributed by atoms with van der Waals surface area (Å²) >= 11 is 0. The highest BCUT2D eigenvalue weighted by Gasteiger charge is 1.99. The molecule has 0 aliphatic rings. The van der Waals surface area contributed by atoms with E-state index in [2.05, 4.69) is 36.5 Å². The van der Waals surface area contributed by atoms with Crippen LogP contribution in [0.1, 0.15) is 30.5 Å². The number of aryl methyl sites for hydroxylation is 2. The van der Waals surface area contributed by atoms with E-state index in [4.69, 9.17) is 0 Å². The van der Waals surface area contributed by atoms with E-state index in [1.54, 1.807) is 0 Å². The lowest BCUT2D eigenvalue weighted by atomic mass is 10.0. The van der Waals surface area contributed by atoms with Gasteiger partial charge in [0.05, 0.1) is 5.71 Å². The maximum absolute atomic E-state index is 10.7. The fourth-order valence-electron chi connectivity index (χ4n) is 1.19. The lowest BCUT2D eigenvalue weighted by Gasteiger charge is -2.04. The number of nitrogens with one attached hydrogen (secondary N) is 1. The van der Waals surface area contributed by atoms with E-state index in [1.807, 2.05) is 13.0 Å². The Morgan fingerprint density at radius 1 is 1.20 bits per heavy atom. The molecule has 0 saturated carbocycles. The predicted octanol–water partition coefficient (Wildman–Crippen LogP) is 2.16. The van der Waals surface area contributed by atoms with E-state index < -0.39 is 0 Å². The number of nitrogens with zero attached hydrogens (tertiary/aromatic N) is 1. The van der Waals surface area contributed by atoms with E-state index in [0.717, 1.165) is 11.3 Å². The second-order valence-electron chi connectivity index (χ2n) is 3.66. The second-order valence-corrected chi connectivity index (χ2v) is 3.66. The van der Waals surface area contributed by atoms with Crippen LogP contribution in [0.2, 0.25) is 0 Å². The summed E-state index contributed by atoms with van der Waals surface area (Å²) in [7, 11) is 0. The van der Waals surface area contributed by atoms with Crippen molar-refractivity contribution in [3.05, 3.63) is 34.9 Å². The number of benzene rings is 1. The van der Waals surface area contributed by atoms with E-state index in [1.165, 1.54) is 18.1 Å². The van der Waals surface area contributed by atoms with E-state index in [-0.39, 0.29) is 5.91 Å². The molecule has 1 amide bonds. The van der Waals surface area contributed by atoms with Crippen molar-refractivity contribution < 1.29 is 4.79 Å². The summed E-state index contributed by atoms with van der Waals surface area (Å²) in [5.74, 6) is -0.154. The van der Waals surface area contributed by atoms with Gasteiger partial charge >= 0.3 is 0 Å². The van der Waals surface area contributed by atoms with E-state index >= 15 is 0 Å². The molecule has 0 spiro atoms. The van der Waals surface area contributed by atoms with Crippen LogP contribution in [0.15, 0.2) is 23.3 Å². The van der Waals surface area contributed by atoms with Crippen molar-refractivity contribution in [2.45, 2.75) is 27.7 Å². The van der Waals surface area contributed by atoms with E-state index in [0.29, 0.717) is 0 Å². The summed E-state index contributed by atoms with van der Waals surface area (Å²) in [5, 5.41) is 3.98. The molecule has 3 heteroatoms. The smallest absolute Gasteiger partial charge is 0.236 e. The number of rotatable bonds is 2. The number of hydrogen-bond donors (Lipinski definition) is 1. The predicted molar refractivity (Wildman–Crippen MR) is 61.9 cm³/mol. The lowest BCUT2D eigenvalue weighted by Crippen LogP contribution is -2.15. The summed E-state index contributed by atoms with van der Waals surface area (Å²) in [4.78, 5) is 10.7. The number of hydrogen-bond acceptors (Lipinski definition) is 2. The Bertz CT molecular complexity index is 408. The minimum Gasteiger partial charge on any atom is -0.274 e. The van der Waals surface area contributed by atoms with Crippen molar-refractivity contribution in [2.24, 2.45) is 5.10 Å². The monoisotopic (exact) mass is 204 g/mol. The molecular weight excluding hydrogens is 188 g/mol. The van der Waals surface area contributed by atoms with Crippen molar-refractivity contribution >= 4 is 11.6 Å². The molecule has 0 unspecified atom stereocenters. The minimum atomic E-state index is -0.154. The van der Waals surface area contributed by atoms with Gasteiger partial charge in [0.15, 0.2) is 0 Å². The third kappa shape index (κ3) is 3.20. The molecule has 15 heavy (non-hydrogen) atoms. The average Bonchev–Trinajstić information content (AvgIpc) is 2.18. The molecule has 80 valence electrons. The first-order valence-corrected chi connectivity index (χ1v) is 4.89. The summed E-state index contributed by atoms with van der Waals surface area (Å²) in [6, 6.07) is 6.12. The van der Waals surface area contributed by atoms with Gasteiger partial charge in [-0.2, -0.15) is 5.10 Å². The Kier molecular flexibility index (Phi) is 3.61. The molecule has 0 aromatic heterocycles. The topological polar surface area (TPSA) is 41.5 Å². The largest absolute Gasteiger partial charge is 0.274 e. The molecule has 0 bridgehead atoms. The van der Waals surface area contributed by atoms with Gasteiger partial charge in [-0.1, -0.05) is 12.1 Å². The number of amides is 1. The molecule has 0 fully saturated rings. The first-order chi connectivity index (χ1) is 7.00. The zero-order chi connectivity index (χ0) is 11.4. The summed E-state index contributed by atoms with van der Waals surface area (Å²) in [6.45, 7) is 7.45. The van der Waals surface area contributed by atoms with Gasteiger partial charge in [0.25, 0.3) is 0 Å². The van der Waals surface area contributed by atoms with Gasteiger partial charge in [0.2, 0.25) is 5.91 Å². The van der Waals surface area contributed by atoms with Crippen LogP contribution < -0.4 is 5.43 Å². The molecule has 0 heterocycles. The third-order valence-electron chi connectivity index (χ3n) is 2.31. The highest BCUT2D eigenvalue weighted by atomic mass is 16.2. The van der Waals surface area contributed by atoms with Gasteiger partial charge in [0, 0.05) is 6.92 Å². The number of carbonyl (C=O) groups is 1. The van der Waals surface area contributed by atoms with Crippen molar-refractivity contribution in [1.82, 2.24) is 5.43 Å². The maximum Gasteiger partial charge on any atom is 0.236 e. The molecule has 0 aliphatic heterocycles. The SMILES string of the molecule is CC(=O)NN=C(C)c1ccc(C)c(C)c1. The molecule has 0 saturated heterocycles. The quantitative estimate of drug-likeness (QED) is 0.582. The van der Waals surface area contributed by atoms with Crippen LogP contribution in [-0.2, 0) is 4.79 Å². The zero-order valence-corrected chi connectivity index (χ0v) is 9.59. The van der Waals surface area contributed by atoms with Crippen LogP contribution in [0.3, 0.4) is 0 Å². The van der Waals surface area contributed by atoms with Crippen LogP contribution in [0.4, 0.5) is 0 Å². The summed E-state index contributed by atoms with van der Waals surface area (Å²) in [5.41, 5.74) is 6.76. The first-order valence-electron chi connectivity index (χ1n) is 4.89. The van der Waals surface area contributed by atoms with Crippen molar-refractivity contribution in [2.75, 3.05) is 0 Å². The highest BCUT2D eigenvalue weighted by Crippen LogP contribution is 2.10. The molecule has 0 aliphatic carbocycles. The summed E-state index contributed by atoms with van der Waals surface area (Å²) in [6.07, 6.45) is 0. The van der Waals surface area contributed by atoms with Crippen LogP contribution >= 0.6 is 0 Å². The second kappa shape index (κ2) is 4.73. The third-order valence-corrected chi connectivity index (χ3v) is 2.31. The lowest BCUT2D eigenvalue weighted by molar-refractivity contribution is -0.118. The maximum atomic E-state index is 10.7. The van der Waals surface area contributed by atoms with Crippen LogP contribution in [-0.4, -0.2) is 11.6 Å². The van der Waals surface area contributed by atoms with Crippen LogP contribution in [0.25, 0.3) is 0 Å². The normalized spacial score (nSPS) is 11.3. The fourth-order valence-corrected chi connectivity index (χ4v) is 1.19. The molecular formula is C12H16N2O. The van der Waals surface area contributed by atoms with Crippen molar-refractivity contribution in [1.29, 1.82) is 0 Å². The Morgan fingerprint density at radius 3 is 2.40 bits per heavy atom. The molecule has 1 aromatic rings. The van der Waals surface area contributed by atoms with Gasteiger partial charge < -0.3 is 0 Å². The Morgan fingerprint density at radius 2 is 1.87 bits per heavy atom.